The third-order valence-corrected chi connectivity index (χ3v) is 6.30. The zero-order valence-electron chi connectivity index (χ0n) is 15.3. The number of carbonyl (C=O) groups is 1. The van der Waals surface area contributed by atoms with E-state index >= 15 is 0 Å². The second-order valence-corrected chi connectivity index (χ2v) is 9.32. The fourth-order valence-electron chi connectivity index (χ4n) is 2.80. The van der Waals surface area contributed by atoms with E-state index in [1.165, 1.54) is 24.3 Å². The van der Waals surface area contributed by atoms with Crippen molar-refractivity contribution < 1.29 is 13.2 Å². The average Bonchev–Trinajstić information content (AvgIpc) is 3.43. The van der Waals surface area contributed by atoms with Crippen LogP contribution < -0.4 is 10.0 Å². The fourth-order valence-corrected chi connectivity index (χ4v) is 4.23. The Morgan fingerprint density at radius 1 is 1.04 bits per heavy atom. The van der Waals surface area contributed by atoms with Crippen molar-refractivity contribution in [2.45, 2.75) is 43.7 Å². The summed E-state index contributed by atoms with van der Waals surface area (Å²) < 4.78 is 27.1. The number of sulfonamides is 1. The van der Waals surface area contributed by atoms with Crippen LogP contribution in [0.5, 0.6) is 0 Å². The number of hydrogen-bond donors (Lipinski definition) is 2. The lowest BCUT2D eigenvalue weighted by atomic mass is 9.95. The van der Waals surface area contributed by atoms with Crippen molar-refractivity contribution in [3.8, 4) is 0 Å². The van der Waals surface area contributed by atoms with E-state index in [0.717, 1.165) is 18.4 Å². The molecule has 1 saturated carbocycles. The number of amides is 1. The number of benzene rings is 2. The molecule has 2 aromatic carbocycles. The molecule has 0 saturated heterocycles. The van der Waals surface area contributed by atoms with Gasteiger partial charge in [0.05, 0.1) is 10.9 Å². The second kappa shape index (κ2) is 8.00. The molecule has 2 N–H and O–H groups in total. The molecule has 2 aromatic rings. The first-order valence-electron chi connectivity index (χ1n) is 8.95. The summed E-state index contributed by atoms with van der Waals surface area (Å²) in [5.41, 5.74) is 1.38. The average molecular weight is 407 g/mol. The van der Waals surface area contributed by atoms with Crippen LogP contribution >= 0.6 is 11.6 Å². The summed E-state index contributed by atoms with van der Waals surface area (Å²) in [6.45, 7) is 4.05. The molecule has 1 aliphatic rings. The molecular weight excluding hydrogens is 384 g/mol. The highest BCUT2D eigenvalue weighted by atomic mass is 35.5. The SMILES string of the molecule is CC(C)C(NC(=O)c1ccc(S(=O)(=O)NC2CC2)cc1)c1ccc(Cl)cc1. The molecule has 0 aromatic heterocycles. The predicted octanol–water partition coefficient (Wildman–Crippen LogP) is 3.91. The fraction of sp³-hybridized carbons (Fsp3) is 0.350. The van der Waals surface area contributed by atoms with E-state index in [0.29, 0.717) is 10.6 Å². The van der Waals surface area contributed by atoms with Crippen molar-refractivity contribution in [2.75, 3.05) is 0 Å². The van der Waals surface area contributed by atoms with Gasteiger partial charge in [0.15, 0.2) is 0 Å². The summed E-state index contributed by atoms with van der Waals surface area (Å²) in [5, 5.41) is 3.66. The standard InChI is InChI=1S/C20H23ClN2O3S/c1-13(2)19(14-3-7-16(21)8-4-14)22-20(24)15-5-11-18(12-6-15)27(25,26)23-17-9-10-17/h3-8,11-13,17,19,23H,9-10H2,1-2H3,(H,22,24). The molecule has 3 rings (SSSR count). The molecule has 0 aliphatic heterocycles. The van der Waals surface area contributed by atoms with Crippen LogP contribution in [0.3, 0.4) is 0 Å². The van der Waals surface area contributed by atoms with Crippen LogP contribution in [0.15, 0.2) is 53.4 Å². The third kappa shape index (κ3) is 5.09. The molecule has 7 heteroatoms. The van der Waals surface area contributed by atoms with Gasteiger partial charge in [-0.25, -0.2) is 13.1 Å². The monoisotopic (exact) mass is 406 g/mol. The van der Waals surface area contributed by atoms with E-state index in [2.05, 4.69) is 10.0 Å². The highest BCUT2D eigenvalue weighted by Gasteiger charge is 2.28. The Bertz CT molecular complexity index is 905. The van der Waals surface area contributed by atoms with Crippen LogP contribution in [0.2, 0.25) is 5.02 Å². The number of halogens is 1. The first-order valence-corrected chi connectivity index (χ1v) is 10.8. The molecule has 1 amide bonds. The van der Waals surface area contributed by atoms with Crippen LogP contribution in [0.25, 0.3) is 0 Å². The number of nitrogens with one attached hydrogen (secondary N) is 2. The summed E-state index contributed by atoms with van der Waals surface area (Å²) >= 11 is 5.94. The van der Waals surface area contributed by atoms with Crippen molar-refractivity contribution >= 4 is 27.5 Å². The molecule has 0 heterocycles. The summed E-state index contributed by atoms with van der Waals surface area (Å²) in [6.07, 6.45) is 1.75. The van der Waals surface area contributed by atoms with E-state index in [4.69, 9.17) is 11.6 Å². The van der Waals surface area contributed by atoms with Gasteiger partial charge in [-0.2, -0.15) is 0 Å². The van der Waals surface area contributed by atoms with Crippen LogP contribution in [0.4, 0.5) is 0 Å². The Hall–Kier alpha value is -1.89. The quantitative estimate of drug-likeness (QED) is 0.732. The molecule has 1 atom stereocenters. The zero-order valence-corrected chi connectivity index (χ0v) is 16.8. The Kier molecular flexibility index (Phi) is 5.89. The van der Waals surface area contributed by atoms with Gasteiger partial charge in [0.25, 0.3) is 5.91 Å². The first-order chi connectivity index (χ1) is 12.8. The lowest BCUT2D eigenvalue weighted by molar-refractivity contribution is 0.0925. The topological polar surface area (TPSA) is 75.3 Å². The van der Waals surface area contributed by atoms with Crippen LogP contribution in [-0.2, 0) is 10.0 Å². The van der Waals surface area contributed by atoms with Gasteiger partial charge in [-0.15, -0.1) is 0 Å². The smallest absolute Gasteiger partial charge is 0.251 e. The summed E-state index contributed by atoms with van der Waals surface area (Å²) in [5.74, 6) is -0.0692. The summed E-state index contributed by atoms with van der Waals surface area (Å²) in [6, 6.07) is 13.3. The Morgan fingerprint density at radius 3 is 2.15 bits per heavy atom. The van der Waals surface area contributed by atoms with Gasteiger partial charge in [0, 0.05) is 16.6 Å². The van der Waals surface area contributed by atoms with Crippen molar-refractivity contribution in [1.29, 1.82) is 0 Å². The summed E-state index contributed by atoms with van der Waals surface area (Å²) in [7, 11) is -3.52. The maximum Gasteiger partial charge on any atom is 0.251 e. The van der Waals surface area contributed by atoms with Crippen molar-refractivity contribution in [3.63, 3.8) is 0 Å². The Morgan fingerprint density at radius 2 is 1.63 bits per heavy atom. The first kappa shape index (κ1) is 19.9. The maximum atomic E-state index is 12.6. The zero-order chi connectivity index (χ0) is 19.6. The minimum absolute atomic E-state index is 0.0455. The normalized spacial score (nSPS) is 15.6. The van der Waals surface area contributed by atoms with Crippen LogP contribution in [-0.4, -0.2) is 20.4 Å². The lowest BCUT2D eigenvalue weighted by Crippen LogP contribution is -2.31. The third-order valence-electron chi connectivity index (χ3n) is 4.51. The number of rotatable bonds is 7. The van der Waals surface area contributed by atoms with Gasteiger partial charge >= 0.3 is 0 Å². The van der Waals surface area contributed by atoms with E-state index in [1.807, 2.05) is 26.0 Å². The molecule has 1 aliphatic carbocycles. The van der Waals surface area contributed by atoms with E-state index < -0.39 is 10.0 Å². The highest BCUT2D eigenvalue weighted by Crippen LogP contribution is 2.25. The molecule has 0 radical (unpaired) electrons. The molecule has 5 nitrogen and oxygen atoms in total. The molecule has 27 heavy (non-hydrogen) atoms. The lowest BCUT2D eigenvalue weighted by Gasteiger charge is -2.23. The summed E-state index contributed by atoms with van der Waals surface area (Å²) in [4.78, 5) is 12.8. The highest BCUT2D eigenvalue weighted by molar-refractivity contribution is 7.89. The van der Waals surface area contributed by atoms with Gasteiger partial charge in [0.2, 0.25) is 10.0 Å². The van der Waals surface area contributed by atoms with Crippen LogP contribution in [0.1, 0.15) is 48.7 Å². The molecule has 1 unspecified atom stereocenters. The molecule has 1 fully saturated rings. The molecule has 0 bridgehead atoms. The van der Waals surface area contributed by atoms with Crippen molar-refractivity contribution in [2.24, 2.45) is 5.92 Å². The Balaban J connectivity index is 1.73. The van der Waals surface area contributed by atoms with Crippen molar-refractivity contribution in [1.82, 2.24) is 10.0 Å². The van der Waals surface area contributed by atoms with Crippen molar-refractivity contribution in [3.05, 3.63) is 64.7 Å². The molecular formula is C20H23ClN2O3S. The van der Waals surface area contributed by atoms with E-state index in [9.17, 15) is 13.2 Å². The van der Waals surface area contributed by atoms with Gasteiger partial charge in [-0.1, -0.05) is 37.6 Å². The largest absolute Gasteiger partial charge is 0.345 e. The minimum atomic E-state index is -3.52. The van der Waals surface area contributed by atoms with Crippen LogP contribution in [0, 0.1) is 5.92 Å². The Labute approximate surface area is 165 Å². The molecule has 144 valence electrons. The van der Waals surface area contributed by atoms with Gasteiger partial charge in [0.1, 0.15) is 0 Å². The minimum Gasteiger partial charge on any atom is -0.345 e. The number of carbonyl (C=O) groups excluding carboxylic acids is 1. The second-order valence-electron chi connectivity index (χ2n) is 7.17. The van der Waals surface area contributed by atoms with Gasteiger partial charge in [-0.05, 0) is 60.7 Å². The van der Waals surface area contributed by atoms with Gasteiger partial charge in [-0.3, -0.25) is 4.79 Å². The van der Waals surface area contributed by atoms with E-state index in [-0.39, 0.29) is 28.8 Å². The predicted molar refractivity (Wildman–Crippen MR) is 106 cm³/mol. The molecule has 0 spiro atoms. The van der Waals surface area contributed by atoms with Gasteiger partial charge < -0.3 is 5.32 Å². The number of hydrogen-bond acceptors (Lipinski definition) is 3. The maximum absolute atomic E-state index is 12.6. The van der Waals surface area contributed by atoms with E-state index in [1.54, 1.807) is 12.1 Å².